The number of rotatable bonds is 4. The van der Waals surface area contributed by atoms with Gasteiger partial charge in [0.15, 0.2) is 0 Å². The highest BCUT2D eigenvalue weighted by molar-refractivity contribution is 6.51. The van der Waals surface area contributed by atoms with Gasteiger partial charge in [-0.2, -0.15) is 0 Å². The molecule has 0 N–H and O–H groups in total. The first-order chi connectivity index (χ1) is 13.9. The third-order valence-corrected chi connectivity index (χ3v) is 4.59. The molecule has 3 aromatic heterocycles. The van der Waals surface area contributed by atoms with Crippen LogP contribution >= 0.6 is 11.6 Å². The topological polar surface area (TPSA) is 90.7 Å². The average Bonchev–Trinajstić information content (AvgIpc) is 3.17. The second-order valence-corrected chi connectivity index (χ2v) is 6.82. The minimum Gasteiger partial charge on any atom is -0.457 e. The maximum Gasteiger partial charge on any atom is 0.270 e. The van der Waals surface area contributed by atoms with Crippen molar-refractivity contribution >= 4 is 34.0 Å². The maximum atomic E-state index is 12.3. The van der Waals surface area contributed by atoms with E-state index in [1.165, 1.54) is 22.6 Å². The zero-order valence-corrected chi connectivity index (χ0v) is 16.0. The summed E-state index contributed by atoms with van der Waals surface area (Å²) in [6, 6.07) is 14.5. The number of hydrogen-bond donors (Lipinski definition) is 0. The fourth-order valence-electron chi connectivity index (χ4n) is 2.89. The highest BCUT2D eigenvalue weighted by Gasteiger charge is 2.11. The molecule has 8 heteroatoms. The molecular weight excluding hydrogens is 394 g/mol. The molecule has 0 amide bonds. The van der Waals surface area contributed by atoms with Crippen LogP contribution in [0.25, 0.3) is 28.1 Å². The monoisotopic (exact) mass is 407 g/mol. The van der Waals surface area contributed by atoms with Crippen LogP contribution < -0.4 is 5.56 Å². The van der Waals surface area contributed by atoms with Gasteiger partial charge in [0.25, 0.3) is 11.2 Å². The Morgan fingerprint density at radius 2 is 2.03 bits per heavy atom. The van der Waals surface area contributed by atoms with Gasteiger partial charge in [-0.15, -0.1) is 0 Å². The summed E-state index contributed by atoms with van der Waals surface area (Å²) in [4.78, 5) is 27.2. The van der Waals surface area contributed by atoms with E-state index >= 15 is 0 Å². The molecule has 7 nitrogen and oxygen atoms in total. The Balaban J connectivity index is 1.68. The van der Waals surface area contributed by atoms with Gasteiger partial charge in [0.05, 0.1) is 15.6 Å². The number of halogens is 1. The summed E-state index contributed by atoms with van der Waals surface area (Å²) in [6.07, 6.45) is 3.26. The van der Waals surface area contributed by atoms with Crippen molar-refractivity contribution < 1.29 is 9.34 Å². The molecule has 4 aromatic rings. The summed E-state index contributed by atoms with van der Waals surface area (Å²) < 4.78 is 7.19. The Kier molecular flexibility index (Phi) is 4.74. The smallest absolute Gasteiger partial charge is 0.270 e. The van der Waals surface area contributed by atoms with Crippen LogP contribution in [0.5, 0.6) is 0 Å². The number of non-ortho nitro benzene ring substituents is 1. The molecule has 144 valence electrons. The van der Waals surface area contributed by atoms with Crippen LogP contribution in [-0.4, -0.2) is 14.3 Å². The van der Waals surface area contributed by atoms with Gasteiger partial charge in [0.2, 0.25) is 0 Å². The van der Waals surface area contributed by atoms with E-state index in [-0.39, 0.29) is 16.3 Å². The first kappa shape index (κ1) is 18.6. The van der Waals surface area contributed by atoms with E-state index < -0.39 is 4.92 Å². The Bertz CT molecular complexity index is 1340. The molecule has 0 aliphatic carbocycles. The van der Waals surface area contributed by atoms with Gasteiger partial charge in [-0.3, -0.25) is 19.3 Å². The lowest BCUT2D eigenvalue weighted by Crippen LogP contribution is -2.15. The first-order valence-electron chi connectivity index (χ1n) is 8.63. The van der Waals surface area contributed by atoms with Gasteiger partial charge in [-0.05, 0) is 30.7 Å². The van der Waals surface area contributed by atoms with Gasteiger partial charge >= 0.3 is 0 Å². The van der Waals surface area contributed by atoms with Crippen molar-refractivity contribution in [1.29, 1.82) is 0 Å². The van der Waals surface area contributed by atoms with Gasteiger partial charge < -0.3 is 4.42 Å². The number of hydrogen-bond acceptors (Lipinski definition) is 5. The number of fused-ring (bicyclic) bond motifs is 1. The molecular formula is C21H14ClN3O4. The third-order valence-electron chi connectivity index (χ3n) is 4.29. The van der Waals surface area contributed by atoms with E-state index in [0.29, 0.717) is 28.4 Å². The van der Waals surface area contributed by atoms with E-state index in [9.17, 15) is 14.9 Å². The molecule has 0 spiro atoms. The standard InChI is InChI=1S/C21H14ClN3O4/c1-13-5-8-20-23-18(11-21(26)24(20)12-13)17(22)10-16-6-7-19(29-16)14-3-2-4-15(9-14)25(27)28/h2-12H,1H3/b17-10-. The number of nitro benzene ring substituents is 1. The molecule has 0 fully saturated rings. The third kappa shape index (κ3) is 3.81. The lowest BCUT2D eigenvalue weighted by atomic mass is 10.1. The zero-order valence-electron chi connectivity index (χ0n) is 15.2. The average molecular weight is 408 g/mol. The second kappa shape index (κ2) is 7.37. The van der Waals surface area contributed by atoms with Gasteiger partial charge in [-0.25, -0.2) is 4.98 Å². The van der Waals surface area contributed by atoms with Crippen LogP contribution in [0.3, 0.4) is 0 Å². The summed E-state index contributed by atoms with van der Waals surface area (Å²) in [6.45, 7) is 1.89. The molecule has 0 unspecified atom stereocenters. The van der Waals surface area contributed by atoms with Crippen molar-refractivity contribution in [3.8, 4) is 11.3 Å². The van der Waals surface area contributed by atoms with Crippen LogP contribution in [0.2, 0.25) is 0 Å². The SMILES string of the molecule is Cc1ccc2nc(/C(Cl)=C/c3ccc(-c4cccc([N+](=O)[O-])c4)o3)cc(=O)n2c1. The quantitative estimate of drug-likeness (QED) is 0.354. The fourth-order valence-corrected chi connectivity index (χ4v) is 3.09. The van der Waals surface area contributed by atoms with Crippen molar-refractivity contribution in [1.82, 2.24) is 9.38 Å². The van der Waals surface area contributed by atoms with Crippen molar-refractivity contribution in [3.63, 3.8) is 0 Å². The number of nitrogens with zero attached hydrogens (tertiary/aromatic N) is 3. The summed E-state index contributed by atoms with van der Waals surface area (Å²) in [5.41, 5.74) is 2.07. The number of aryl methyl sites for hydroxylation is 1. The van der Waals surface area contributed by atoms with Crippen molar-refractivity contribution in [3.05, 3.63) is 98.3 Å². The zero-order chi connectivity index (χ0) is 20.5. The number of aromatic nitrogens is 2. The van der Waals surface area contributed by atoms with Crippen LogP contribution in [0.1, 0.15) is 17.0 Å². The van der Waals surface area contributed by atoms with E-state index in [1.54, 1.807) is 42.6 Å². The fraction of sp³-hybridized carbons (Fsp3) is 0.0476. The number of nitro groups is 1. The van der Waals surface area contributed by atoms with E-state index in [0.717, 1.165) is 5.56 Å². The van der Waals surface area contributed by atoms with Crippen LogP contribution in [0, 0.1) is 17.0 Å². The Morgan fingerprint density at radius 1 is 1.21 bits per heavy atom. The number of pyridine rings is 1. The highest BCUT2D eigenvalue weighted by atomic mass is 35.5. The van der Waals surface area contributed by atoms with Gasteiger partial charge in [-0.1, -0.05) is 29.8 Å². The molecule has 0 saturated carbocycles. The summed E-state index contributed by atoms with van der Waals surface area (Å²) >= 11 is 6.37. The number of furan rings is 1. The number of benzene rings is 1. The highest BCUT2D eigenvalue weighted by Crippen LogP contribution is 2.28. The van der Waals surface area contributed by atoms with Crippen molar-refractivity contribution in [2.75, 3.05) is 0 Å². The van der Waals surface area contributed by atoms with E-state index in [1.807, 2.05) is 13.0 Å². The predicted molar refractivity (Wildman–Crippen MR) is 111 cm³/mol. The van der Waals surface area contributed by atoms with Crippen molar-refractivity contribution in [2.24, 2.45) is 0 Å². The molecule has 4 rings (SSSR count). The maximum absolute atomic E-state index is 12.3. The van der Waals surface area contributed by atoms with Crippen molar-refractivity contribution in [2.45, 2.75) is 6.92 Å². The van der Waals surface area contributed by atoms with Gasteiger partial charge in [0.1, 0.15) is 17.2 Å². The normalized spacial score (nSPS) is 11.7. The Hall–Kier alpha value is -3.71. The summed E-state index contributed by atoms with van der Waals surface area (Å²) in [5, 5.41) is 11.2. The first-order valence-corrected chi connectivity index (χ1v) is 9.01. The largest absolute Gasteiger partial charge is 0.457 e. The molecule has 0 aliphatic heterocycles. The minimum absolute atomic E-state index is 0.0231. The summed E-state index contributed by atoms with van der Waals surface area (Å²) in [5.74, 6) is 0.897. The lowest BCUT2D eigenvalue weighted by Gasteiger charge is -2.04. The van der Waals surface area contributed by atoms with Crippen LogP contribution in [0.4, 0.5) is 5.69 Å². The van der Waals surface area contributed by atoms with E-state index in [4.69, 9.17) is 16.0 Å². The minimum atomic E-state index is -0.463. The Labute approximate surface area is 169 Å². The molecule has 0 aliphatic rings. The molecule has 29 heavy (non-hydrogen) atoms. The van der Waals surface area contributed by atoms with Crippen LogP contribution in [-0.2, 0) is 0 Å². The molecule has 0 saturated heterocycles. The van der Waals surface area contributed by atoms with E-state index in [2.05, 4.69) is 4.98 Å². The lowest BCUT2D eigenvalue weighted by molar-refractivity contribution is -0.384. The molecule has 3 heterocycles. The van der Waals surface area contributed by atoms with Gasteiger partial charge in [0, 0.05) is 36.0 Å². The molecule has 0 bridgehead atoms. The van der Waals surface area contributed by atoms with Crippen LogP contribution in [0.15, 0.2) is 70.0 Å². The molecule has 0 atom stereocenters. The predicted octanol–water partition coefficient (Wildman–Crippen LogP) is 4.91. The molecule has 1 aromatic carbocycles. The Morgan fingerprint density at radius 3 is 2.83 bits per heavy atom. The second-order valence-electron chi connectivity index (χ2n) is 6.42. The molecule has 0 radical (unpaired) electrons. The summed E-state index contributed by atoms with van der Waals surface area (Å²) in [7, 11) is 0.